The van der Waals surface area contributed by atoms with Gasteiger partial charge >= 0.3 is 52.4 Å². The van der Waals surface area contributed by atoms with Crippen LogP contribution in [0.2, 0.25) is 0 Å². The van der Waals surface area contributed by atoms with Gasteiger partial charge in [0.15, 0.2) is 0 Å². The van der Waals surface area contributed by atoms with Crippen molar-refractivity contribution in [1.29, 1.82) is 0 Å². The number of fused-ring (bicyclic) bond motifs is 4. The molecule has 0 saturated carbocycles. The van der Waals surface area contributed by atoms with E-state index in [4.69, 9.17) is 0 Å². The Hall–Kier alpha value is -3.03. The molecule has 0 bridgehead atoms. The van der Waals surface area contributed by atoms with Gasteiger partial charge in [-0.25, -0.2) is 0 Å². The van der Waals surface area contributed by atoms with Crippen LogP contribution in [0.4, 0.5) is 0 Å². The molecule has 6 heteroatoms. The predicted molar refractivity (Wildman–Crippen MR) is 311 cm³/mol. The molecule has 0 N–H and O–H groups in total. The van der Waals surface area contributed by atoms with E-state index in [-0.39, 0.29) is 93.1 Å². The molecule has 4 atom stereocenters. The SMILES string of the molecule is CCC(C)P(c1cc2ccccc2[cH-]1)C(C)CC.CCC(C)P(c1cc2ccccc2[cH-]1)C(C)CC.Cc1cc2c(-c3ccccc3)cccc2[cH-]1.Cc1cc2c(-c3ccccc3)cccc2[cH-]1.[Cl-].[Cl-].[Zr+2].[Zr+2]. The molecule has 0 radical (unpaired) electrons. The van der Waals surface area contributed by atoms with Crippen molar-refractivity contribution in [2.24, 2.45) is 0 Å². The maximum Gasteiger partial charge on any atom is 2.00 e. The zero-order chi connectivity index (χ0) is 48.2. The normalized spacial score (nSPS) is 13.1. The third-order valence-corrected chi connectivity index (χ3v) is 21.0. The van der Waals surface area contributed by atoms with Crippen molar-refractivity contribution in [2.45, 2.75) is 118 Å². The van der Waals surface area contributed by atoms with Gasteiger partial charge in [0, 0.05) is 0 Å². The summed E-state index contributed by atoms with van der Waals surface area (Å²) in [6, 6.07) is 70.3. The molecule has 0 aliphatic rings. The summed E-state index contributed by atoms with van der Waals surface area (Å²) < 4.78 is 0. The molecule has 372 valence electrons. The maximum atomic E-state index is 2.43. The maximum absolute atomic E-state index is 2.43. The molecule has 0 amide bonds. The van der Waals surface area contributed by atoms with Gasteiger partial charge in [0.2, 0.25) is 0 Å². The second kappa shape index (κ2) is 31.1. The van der Waals surface area contributed by atoms with Crippen LogP contribution < -0.4 is 35.4 Å². The van der Waals surface area contributed by atoms with Crippen LogP contribution in [0.3, 0.4) is 0 Å². The van der Waals surface area contributed by atoms with Gasteiger partial charge in [0.05, 0.1) is 0 Å². The number of rotatable bonds is 12. The van der Waals surface area contributed by atoms with Crippen molar-refractivity contribution < 1.29 is 77.2 Å². The number of hydrogen-bond acceptors (Lipinski definition) is 0. The molecule has 0 spiro atoms. The molecule has 10 aromatic rings. The second-order valence-corrected chi connectivity index (χ2v) is 25.1. The minimum atomic E-state index is -0.0252. The van der Waals surface area contributed by atoms with Crippen molar-refractivity contribution in [3.05, 3.63) is 205 Å². The largest absolute Gasteiger partial charge is 2.00 e. The minimum Gasteiger partial charge on any atom is -1.00 e. The first-order chi connectivity index (χ1) is 33.0. The summed E-state index contributed by atoms with van der Waals surface area (Å²) in [5.74, 6) is 0. The molecule has 10 aromatic carbocycles. The fourth-order valence-corrected chi connectivity index (χ4v) is 16.2. The molecule has 0 nitrogen and oxygen atoms in total. The Balaban J connectivity index is 0.000000249. The summed E-state index contributed by atoms with van der Waals surface area (Å²) in [6.45, 7) is 23.3. The van der Waals surface area contributed by atoms with Gasteiger partial charge < -0.3 is 24.8 Å². The Labute approximate surface area is 487 Å². The van der Waals surface area contributed by atoms with Crippen molar-refractivity contribution in [2.75, 3.05) is 0 Å². The van der Waals surface area contributed by atoms with Crippen LogP contribution in [0.25, 0.3) is 65.3 Å². The Morgan fingerprint density at radius 1 is 0.361 bits per heavy atom. The molecule has 0 aliphatic carbocycles. The van der Waals surface area contributed by atoms with Gasteiger partial charge in [-0.3, -0.25) is 0 Å². The number of aryl methyl sites for hydroxylation is 2. The molecule has 0 heterocycles. The summed E-state index contributed by atoms with van der Waals surface area (Å²) in [5.41, 5.74) is 11.2. The molecule has 0 saturated heterocycles. The topological polar surface area (TPSA) is 0 Å². The summed E-state index contributed by atoms with van der Waals surface area (Å²) in [4.78, 5) is 0. The van der Waals surface area contributed by atoms with E-state index < -0.39 is 0 Å². The van der Waals surface area contributed by atoms with E-state index >= 15 is 0 Å². The van der Waals surface area contributed by atoms with Gasteiger partial charge in [0.25, 0.3) is 0 Å². The third kappa shape index (κ3) is 16.0. The molecule has 0 aromatic heterocycles. The summed E-state index contributed by atoms with van der Waals surface area (Å²) in [7, 11) is -0.0504. The van der Waals surface area contributed by atoms with Crippen LogP contribution >= 0.6 is 15.8 Å². The van der Waals surface area contributed by atoms with Crippen LogP contribution in [-0.2, 0) is 52.4 Å². The van der Waals surface area contributed by atoms with E-state index in [1.54, 1.807) is 10.6 Å². The molecule has 10 rings (SSSR count). The van der Waals surface area contributed by atoms with Crippen LogP contribution in [0.5, 0.6) is 0 Å². The Morgan fingerprint density at radius 3 is 0.986 bits per heavy atom. The Kier molecular flexibility index (Phi) is 27.3. The molecule has 4 unspecified atom stereocenters. The summed E-state index contributed by atoms with van der Waals surface area (Å²) >= 11 is 0. The first-order valence-corrected chi connectivity index (χ1v) is 28.3. The van der Waals surface area contributed by atoms with Crippen molar-refractivity contribution in [3.8, 4) is 22.3 Å². The number of halogens is 2. The van der Waals surface area contributed by atoms with E-state index in [1.807, 2.05) is 0 Å². The Bertz CT molecular complexity index is 2790. The molecule has 0 aliphatic heterocycles. The fraction of sp³-hybridized carbons (Fsp3) is 0.273. The van der Waals surface area contributed by atoms with Crippen molar-refractivity contribution in [3.63, 3.8) is 0 Å². The van der Waals surface area contributed by atoms with Crippen LogP contribution in [0.1, 0.15) is 92.2 Å². The van der Waals surface area contributed by atoms with Crippen LogP contribution in [0, 0.1) is 13.8 Å². The Morgan fingerprint density at radius 2 is 0.667 bits per heavy atom. The average molecular weight is 1180 g/mol. The van der Waals surface area contributed by atoms with E-state index in [2.05, 4.69) is 263 Å². The number of hydrogen-bond donors (Lipinski definition) is 0. The first-order valence-electron chi connectivity index (χ1n) is 25.3. The van der Waals surface area contributed by atoms with Gasteiger partial charge in [0.1, 0.15) is 0 Å². The summed E-state index contributed by atoms with van der Waals surface area (Å²) in [5, 5.41) is 14.2. The quantitative estimate of drug-likeness (QED) is 0.0845. The third-order valence-electron chi connectivity index (χ3n) is 14.0. The standard InChI is InChI=1S/2C17H24P.2C16H13.2ClH.2Zr/c2*1-5-13(3)18(14(4)6-2)17-11-15-9-7-8-10-16(15)12-17;2*1-12-10-14-8-5-9-15(16(14)11-12)13-6-3-2-4-7-13;;;;/h2*7-14H,5-6H2,1-4H3;2*2-11H,1H3;2*1H;;/q4*-1;;;2*+2/p-2. The van der Waals surface area contributed by atoms with Crippen LogP contribution in [0.15, 0.2) is 194 Å². The monoisotopic (exact) mass is 1180 g/mol. The molecular weight excluding hydrogens is 1110 g/mol. The minimum absolute atomic E-state index is 0. The number of benzene rings is 6. The van der Waals surface area contributed by atoms with Crippen molar-refractivity contribution in [1.82, 2.24) is 0 Å². The van der Waals surface area contributed by atoms with Gasteiger partial charge in [-0.15, -0.1) is 150 Å². The van der Waals surface area contributed by atoms with E-state index in [9.17, 15) is 0 Å². The van der Waals surface area contributed by atoms with E-state index in [1.165, 1.54) is 102 Å². The summed E-state index contributed by atoms with van der Waals surface area (Å²) in [6.07, 6.45) is 5.16. The van der Waals surface area contributed by atoms with Crippen molar-refractivity contribution >= 4 is 69.5 Å². The fourth-order valence-electron chi connectivity index (χ4n) is 9.75. The van der Waals surface area contributed by atoms with Gasteiger partial charge in [-0.05, 0) is 59.4 Å². The van der Waals surface area contributed by atoms with E-state index in [0.717, 1.165) is 22.6 Å². The van der Waals surface area contributed by atoms with Gasteiger partial charge in [-0.2, -0.15) is 24.3 Å². The smallest absolute Gasteiger partial charge is 1.00 e. The van der Waals surface area contributed by atoms with Crippen LogP contribution in [-0.4, -0.2) is 22.6 Å². The van der Waals surface area contributed by atoms with E-state index in [0.29, 0.717) is 0 Å². The molecule has 72 heavy (non-hydrogen) atoms. The predicted octanol–water partition coefficient (Wildman–Crippen LogP) is 13.6. The van der Waals surface area contributed by atoms with Gasteiger partial charge in [-0.1, -0.05) is 181 Å². The zero-order valence-corrected chi connectivity index (χ0v) is 52.5. The first kappa shape index (κ1) is 63.3. The average Bonchev–Trinajstić information content (AvgIpc) is 4.18. The molecule has 0 fully saturated rings. The second-order valence-electron chi connectivity index (χ2n) is 18.9. The molecular formula is C66H74Cl2P2Zr2-2. The zero-order valence-electron chi connectivity index (χ0n) is 44.3.